The number of ether oxygens (including phenoxy) is 1. The number of hydrogen-bond acceptors (Lipinski definition) is 4. The molecule has 0 N–H and O–H groups in total. The predicted molar refractivity (Wildman–Crippen MR) is 85.8 cm³/mol. The smallest absolute Gasteiger partial charge is 0.410 e. The van der Waals surface area contributed by atoms with Crippen molar-refractivity contribution in [1.29, 1.82) is 0 Å². The van der Waals surface area contributed by atoms with Crippen molar-refractivity contribution in [1.82, 2.24) is 14.9 Å². The SMILES string of the molecule is O=C(Oc1ccc(Cl)c(Cl)c1)N1C2CCC1c1cncnc1C2. The van der Waals surface area contributed by atoms with Crippen molar-refractivity contribution < 1.29 is 9.53 Å². The Balaban J connectivity index is 1.59. The maximum atomic E-state index is 12.6. The lowest BCUT2D eigenvalue weighted by Crippen LogP contribution is -2.43. The molecule has 1 aromatic heterocycles. The fraction of sp³-hybridized carbons (Fsp3) is 0.312. The van der Waals surface area contributed by atoms with Crippen molar-refractivity contribution in [3.63, 3.8) is 0 Å². The Bertz CT molecular complexity index is 784. The number of aromatic nitrogens is 2. The average molecular weight is 350 g/mol. The summed E-state index contributed by atoms with van der Waals surface area (Å²) in [5, 5.41) is 0.785. The van der Waals surface area contributed by atoms with E-state index in [0.29, 0.717) is 15.8 Å². The molecule has 0 aliphatic carbocycles. The van der Waals surface area contributed by atoms with Crippen LogP contribution in [0, 0.1) is 0 Å². The highest BCUT2D eigenvalue weighted by Gasteiger charge is 2.44. The van der Waals surface area contributed by atoms with Gasteiger partial charge in [-0.2, -0.15) is 0 Å². The van der Waals surface area contributed by atoms with Crippen LogP contribution in [0.15, 0.2) is 30.7 Å². The molecule has 0 saturated carbocycles. The maximum Gasteiger partial charge on any atom is 0.416 e. The third-order valence-electron chi connectivity index (χ3n) is 4.42. The molecule has 2 bridgehead atoms. The van der Waals surface area contributed by atoms with Crippen molar-refractivity contribution in [2.75, 3.05) is 0 Å². The van der Waals surface area contributed by atoms with Gasteiger partial charge in [-0.3, -0.25) is 4.90 Å². The number of rotatable bonds is 1. The molecule has 2 aliphatic heterocycles. The first-order valence-electron chi connectivity index (χ1n) is 7.37. The maximum absolute atomic E-state index is 12.6. The van der Waals surface area contributed by atoms with Crippen LogP contribution in [-0.4, -0.2) is 27.0 Å². The molecule has 1 amide bonds. The summed E-state index contributed by atoms with van der Waals surface area (Å²) in [6.45, 7) is 0. The molecule has 5 nitrogen and oxygen atoms in total. The van der Waals surface area contributed by atoms with E-state index >= 15 is 0 Å². The summed E-state index contributed by atoms with van der Waals surface area (Å²) in [4.78, 5) is 22.8. The molecular weight excluding hydrogens is 337 g/mol. The van der Waals surface area contributed by atoms with Crippen LogP contribution in [-0.2, 0) is 6.42 Å². The first kappa shape index (κ1) is 14.7. The van der Waals surface area contributed by atoms with Gasteiger partial charge in [0.05, 0.1) is 21.8 Å². The zero-order chi connectivity index (χ0) is 16.0. The van der Waals surface area contributed by atoms with Crippen LogP contribution in [0.4, 0.5) is 4.79 Å². The molecule has 2 atom stereocenters. The Labute approximate surface area is 143 Å². The largest absolute Gasteiger partial charge is 0.416 e. The fourth-order valence-corrected chi connectivity index (χ4v) is 3.68. The van der Waals surface area contributed by atoms with Crippen molar-refractivity contribution in [2.45, 2.75) is 31.3 Å². The van der Waals surface area contributed by atoms with Gasteiger partial charge in [-0.15, -0.1) is 0 Å². The second-order valence-corrected chi connectivity index (χ2v) is 6.54. The topological polar surface area (TPSA) is 55.3 Å². The van der Waals surface area contributed by atoms with Gasteiger partial charge in [-0.25, -0.2) is 14.8 Å². The molecule has 2 aliphatic rings. The Kier molecular flexibility index (Phi) is 3.62. The standard InChI is InChI=1S/C16H13Cl2N3O2/c17-12-3-2-10(6-13(12)18)23-16(22)21-9-1-4-15(21)11-7-19-8-20-14(11)5-9/h2-3,6-9,15H,1,4-5H2. The molecule has 1 saturated heterocycles. The van der Waals surface area contributed by atoms with Gasteiger partial charge in [0.15, 0.2) is 0 Å². The number of carbonyl (C=O) groups excluding carboxylic acids is 1. The number of carbonyl (C=O) groups is 1. The van der Waals surface area contributed by atoms with Gasteiger partial charge < -0.3 is 4.74 Å². The van der Waals surface area contributed by atoms with E-state index in [-0.39, 0.29) is 18.2 Å². The monoisotopic (exact) mass is 349 g/mol. The number of fused-ring (bicyclic) bond motifs is 4. The molecular formula is C16H13Cl2N3O2. The van der Waals surface area contributed by atoms with E-state index in [4.69, 9.17) is 27.9 Å². The summed E-state index contributed by atoms with van der Waals surface area (Å²) in [7, 11) is 0. The highest BCUT2D eigenvalue weighted by Crippen LogP contribution is 2.43. The minimum atomic E-state index is -0.370. The Hall–Kier alpha value is -1.85. The molecule has 3 heterocycles. The zero-order valence-corrected chi connectivity index (χ0v) is 13.6. The summed E-state index contributed by atoms with van der Waals surface area (Å²) >= 11 is 11.8. The van der Waals surface area contributed by atoms with Crippen molar-refractivity contribution in [3.8, 4) is 5.75 Å². The number of halogens is 2. The number of amides is 1. The summed E-state index contributed by atoms with van der Waals surface area (Å²) in [5.41, 5.74) is 2.05. The summed E-state index contributed by atoms with van der Waals surface area (Å²) in [6, 6.07) is 4.90. The van der Waals surface area contributed by atoms with Gasteiger partial charge in [-0.1, -0.05) is 23.2 Å². The first-order valence-corrected chi connectivity index (χ1v) is 8.13. The van der Waals surface area contributed by atoms with Crippen molar-refractivity contribution in [3.05, 3.63) is 52.0 Å². The number of hydrogen-bond donors (Lipinski definition) is 0. The molecule has 4 rings (SSSR count). The number of nitrogens with zero attached hydrogens (tertiary/aromatic N) is 3. The minimum Gasteiger partial charge on any atom is -0.410 e. The fourth-order valence-electron chi connectivity index (χ4n) is 3.40. The van der Waals surface area contributed by atoms with E-state index in [1.54, 1.807) is 35.6 Å². The molecule has 1 fully saturated rings. The molecule has 118 valence electrons. The van der Waals surface area contributed by atoms with Crippen LogP contribution in [0.1, 0.15) is 30.1 Å². The van der Waals surface area contributed by atoms with E-state index < -0.39 is 0 Å². The third-order valence-corrected chi connectivity index (χ3v) is 5.16. The lowest BCUT2D eigenvalue weighted by atomic mass is 10.00. The zero-order valence-electron chi connectivity index (χ0n) is 12.1. The molecule has 2 unspecified atom stereocenters. The quantitative estimate of drug-likeness (QED) is 0.779. The summed E-state index contributed by atoms with van der Waals surface area (Å²) in [5.74, 6) is 0.388. The van der Waals surface area contributed by atoms with E-state index in [0.717, 1.165) is 30.5 Å². The highest BCUT2D eigenvalue weighted by atomic mass is 35.5. The first-order chi connectivity index (χ1) is 11.1. The molecule has 0 radical (unpaired) electrons. The van der Waals surface area contributed by atoms with Crippen LogP contribution in [0.25, 0.3) is 0 Å². The van der Waals surface area contributed by atoms with Gasteiger partial charge in [0.25, 0.3) is 0 Å². The third kappa shape index (κ3) is 2.54. The normalized spacial score (nSPS) is 21.9. The molecule has 2 aromatic rings. The van der Waals surface area contributed by atoms with Crippen LogP contribution >= 0.6 is 23.2 Å². The average Bonchev–Trinajstić information content (AvgIpc) is 2.86. The van der Waals surface area contributed by atoms with Gasteiger partial charge >= 0.3 is 6.09 Å². The van der Waals surface area contributed by atoms with E-state index in [2.05, 4.69) is 9.97 Å². The molecule has 0 spiro atoms. The van der Waals surface area contributed by atoms with Crippen molar-refractivity contribution in [2.24, 2.45) is 0 Å². The summed E-state index contributed by atoms with van der Waals surface area (Å²) in [6.07, 6.45) is 5.57. The van der Waals surface area contributed by atoms with Gasteiger partial charge in [0, 0.05) is 30.3 Å². The Morgan fingerprint density at radius 3 is 2.96 bits per heavy atom. The molecule has 1 aromatic carbocycles. The number of benzene rings is 1. The lowest BCUT2D eigenvalue weighted by Gasteiger charge is -2.34. The van der Waals surface area contributed by atoms with Crippen LogP contribution in [0.5, 0.6) is 5.75 Å². The summed E-state index contributed by atoms with van der Waals surface area (Å²) < 4.78 is 5.49. The molecule has 7 heteroatoms. The minimum absolute atomic E-state index is 0.0137. The highest BCUT2D eigenvalue weighted by molar-refractivity contribution is 6.42. The van der Waals surface area contributed by atoms with E-state index in [9.17, 15) is 4.79 Å². The Morgan fingerprint density at radius 2 is 2.13 bits per heavy atom. The van der Waals surface area contributed by atoms with Crippen LogP contribution < -0.4 is 4.74 Å². The Morgan fingerprint density at radius 1 is 1.26 bits per heavy atom. The van der Waals surface area contributed by atoms with Crippen molar-refractivity contribution >= 4 is 29.3 Å². The second kappa shape index (κ2) is 5.65. The van der Waals surface area contributed by atoms with Gasteiger partial charge in [-0.05, 0) is 25.0 Å². The van der Waals surface area contributed by atoms with Gasteiger partial charge in [0.1, 0.15) is 12.1 Å². The van der Waals surface area contributed by atoms with Crippen LogP contribution in [0.3, 0.4) is 0 Å². The molecule has 23 heavy (non-hydrogen) atoms. The van der Waals surface area contributed by atoms with E-state index in [1.165, 1.54) is 0 Å². The lowest BCUT2D eigenvalue weighted by molar-refractivity contribution is 0.122. The van der Waals surface area contributed by atoms with E-state index in [1.807, 2.05) is 0 Å². The van der Waals surface area contributed by atoms with Crippen LogP contribution in [0.2, 0.25) is 10.0 Å². The second-order valence-electron chi connectivity index (χ2n) is 5.73. The van der Waals surface area contributed by atoms with Gasteiger partial charge in [0.2, 0.25) is 0 Å². The predicted octanol–water partition coefficient (Wildman–Crippen LogP) is 4.04.